The van der Waals surface area contributed by atoms with Gasteiger partial charge in [0.15, 0.2) is 0 Å². The standard InChI is InChI=1S/C19H18BrN3O/c20-16-7-8-17(19-15(16)2-1-9-22-19)23-14-5-3-13(4-6-14)18-12-21-10-11-24-18/h1-9,18,21,23H,10-12H2. The lowest BCUT2D eigenvalue weighted by molar-refractivity contribution is 0.0277. The molecular formula is C19H18BrN3O. The van der Waals surface area contributed by atoms with Gasteiger partial charge < -0.3 is 15.4 Å². The van der Waals surface area contributed by atoms with E-state index in [-0.39, 0.29) is 6.10 Å². The minimum Gasteiger partial charge on any atom is -0.371 e. The molecule has 122 valence electrons. The summed E-state index contributed by atoms with van der Waals surface area (Å²) in [5, 5.41) is 7.92. The first-order chi connectivity index (χ1) is 11.8. The minimum absolute atomic E-state index is 0.142. The number of hydrogen-bond acceptors (Lipinski definition) is 4. The first-order valence-corrected chi connectivity index (χ1v) is 8.83. The van der Waals surface area contributed by atoms with Gasteiger partial charge in [0.1, 0.15) is 0 Å². The first kappa shape index (κ1) is 15.6. The highest BCUT2D eigenvalue weighted by Crippen LogP contribution is 2.30. The molecule has 3 aromatic rings. The number of hydrogen-bond donors (Lipinski definition) is 2. The summed E-state index contributed by atoms with van der Waals surface area (Å²) in [5.74, 6) is 0. The highest BCUT2D eigenvalue weighted by atomic mass is 79.9. The van der Waals surface area contributed by atoms with E-state index in [9.17, 15) is 0 Å². The number of aromatic nitrogens is 1. The number of morpholine rings is 1. The van der Waals surface area contributed by atoms with Gasteiger partial charge in [-0.2, -0.15) is 0 Å². The minimum atomic E-state index is 0.142. The van der Waals surface area contributed by atoms with Gasteiger partial charge in [-0.1, -0.05) is 34.1 Å². The zero-order valence-corrected chi connectivity index (χ0v) is 14.7. The molecule has 4 rings (SSSR count). The molecule has 1 aromatic heterocycles. The number of fused-ring (bicyclic) bond motifs is 1. The van der Waals surface area contributed by atoms with Crippen molar-refractivity contribution >= 4 is 38.2 Å². The predicted octanol–water partition coefficient (Wildman–Crippen LogP) is 4.40. The Morgan fingerprint density at radius 2 is 2.00 bits per heavy atom. The highest BCUT2D eigenvalue weighted by Gasteiger charge is 2.15. The summed E-state index contributed by atoms with van der Waals surface area (Å²) in [4.78, 5) is 4.51. The lowest BCUT2D eigenvalue weighted by Gasteiger charge is -2.24. The fourth-order valence-corrected chi connectivity index (χ4v) is 3.41. The maximum absolute atomic E-state index is 5.79. The summed E-state index contributed by atoms with van der Waals surface area (Å²) in [6.07, 6.45) is 1.96. The summed E-state index contributed by atoms with van der Waals surface area (Å²) in [6, 6.07) is 16.5. The van der Waals surface area contributed by atoms with Crippen LogP contribution in [0.1, 0.15) is 11.7 Å². The lowest BCUT2D eigenvalue weighted by atomic mass is 10.1. The number of benzene rings is 2. The normalized spacial score (nSPS) is 17.8. The van der Waals surface area contributed by atoms with E-state index in [1.807, 2.05) is 24.4 Å². The molecule has 0 saturated carbocycles. The maximum Gasteiger partial charge on any atom is 0.0949 e. The Balaban J connectivity index is 1.58. The largest absolute Gasteiger partial charge is 0.371 e. The van der Waals surface area contributed by atoms with Crippen molar-refractivity contribution in [2.45, 2.75) is 6.10 Å². The van der Waals surface area contributed by atoms with Crippen molar-refractivity contribution in [3.8, 4) is 0 Å². The van der Waals surface area contributed by atoms with E-state index in [1.54, 1.807) is 0 Å². The van der Waals surface area contributed by atoms with Gasteiger partial charge in [-0.25, -0.2) is 0 Å². The van der Waals surface area contributed by atoms with Gasteiger partial charge in [-0.05, 0) is 35.9 Å². The second kappa shape index (κ2) is 6.89. The fourth-order valence-electron chi connectivity index (χ4n) is 2.95. The van der Waals surface area contributed by atoms with Crippen LogP contribution < -0.4 is 10.6 Å². The zero-order valence-electron chi connectivity index (χ0n) is 13.1. The van der Waals surface area contributed by atoms with E-state index in [0.29, 0.717) is 0 Å². The predicted molar refractivity (Wildman–Crippen MR) is 101 cm³/mol. The molecule has 1 unspecified atom stereocenters. The molecule has 0 amide bonds. The lowest BCUT2D eigenvalue weighted by Crippen LogP contribution is -2.33. The maximum atomic E-state index is 5.79. The summed E-state index contributed by atoms with van der Waals surface area (Å²) in [6.45, 7) is 2.56. The average Bonchev–Trinajstić information content (AvgIpc) is 2.66. The molecule has 0 aliphatic carbocycles. The summed E-state index contributed by atoms with van der Waals surface area (Å²) in [7, 11) is 0. The summed E-state index contributed by atoms with van der Waals surface area (Å²) >= 11 is 3.58. The van der Waals surface area contributed by atoms with Gasteiger partial charge in [0.25, 0.3) is 0 Å². The van der Waals surface area contributed by atoms with E-state index in [1.165, 1.54) is 5.56 Å². The third-order valence-corrected chi connectivity index (χ3v) is 4.90. The van der Waals surface area contributed by atoms with Gasteiger partial charge >= 0.3 is 0 Å². The van der Waals surface area contributed by atoms with Gasteiger partial charge in [-0.3, -0.25) is 4.98 Å². The van der Waals surface area contributed by atoms with Crippen molar-refractivity contribution in [1.82, 2.24) is 10.3 Å². The Hall–Kier alpha value is -1.95. The van der Waals surface area contributed by atoms with Gasteiger partial charge in [0, 0.05) is 34.8 Å². The van der Waals surface area contributed by atoms with Crippen LogP contribution in [0, 0.1) is 0 Å². The highest BCUT2D eigenvalue weighted by molar-refractivity contribution is 9.10. The van der Waals surface area contributed by atoms with E-state index in [0.717, 1.165) is 46.4 Å². The molecule has 1 saturated heterocycles. The number of nitrogens with one attached hydrogen (secondary N) is 2. The van der Waals surface area contributed by atoms with Crippen molar-refractivity contribution in [2.24, 2.45) is 0 Å². The third kappa shape index (κ3) is 3.15. The number of ether oxygens (including phenoxy) is 1. The van der Waals surface area contributed by atoms with Crippen molar-refractivity contribution in [1.29, 1.82) is 0 Å². The number of nitrogens with zero attached hydrogens (tertiary/aromatic N) is 1. The number of halogens is 1. The van der Waals surface area contributed by atoms with Crippen LogP contribution in [0.4, 0.5) is 11.4 Å². The van der Waals surface area contributed by atoms with Gasteiger partial charge in [0.2, 0.25) is 0 Å². The van der Waals surface area contributed by atoms with Crippen LogP contribution in [0.3, 0.4) is 0 Å². The molecule has 1 aliphatic rings. The fraction of sp³-hybridized carbons (Fsp3) is 0.211. The Bertz CT molecular complexity index is 845. The van der Waals surface area contributed by atoms with E-state index in [2.05, 4.69) is 61.9 Å². The van der Waals surface area contributed by atoms with Gasteiger partial charge in [0.05, 0.1) is 23.9 Å². The molecule has 1 fully saturated rings. The van der Waals surface area contributed by atoms with Crippen LogP contribution in [0.15, 0.2) is 59.2 Å². The molecule has 2 heterocycles. The number of pyridine rings is 1. The Kier molecular flexibility index (Phi) is 4.47. The Labute approximate surface area is 149 Å². The van der Waals surface area contributed by atoms with Crippen molar-refractivity contribution < 1.29 is 4.74 Å². The number of rotatable bonds is 3. The summed E-state index contributed by atoms with van der Waals surface area (Å²) in [5.41, 5.74) is 4.19. The second-order valence-corrected chi connectivity index (χ2v) is 6.66. The van der Waals surface area contributed by atoms with Crippen LogP contribution in [-0.4, -0.2) is 24.7 Å². The molecule has 0 bridgehead atoms. The molecular weight excluding hydrogens is 366 g/mol. The smallest absolute Gasteiger partial charge is 0.0949 e. The quantitative estimate of drug-likeness (QED) is 0.703. The third-order valence-electron chi connectivity index (χ3n) is 4.21. The Morgan fingerprint density at radius 3 is 2.79 bits per heavy atom. The zero-order chi connectivity index (χ0) is 16.4. The van der Waals surface area contributed by atoms with Crippen LogP contribution >= 0.6 is 15.9 Å². The first-order valence-electron chi connectivity index (χ1n) is 8.04. The topological polar surface area (TPSA) is 46.2 Å². The molecule has 5 heteroatoms. The van der Waals surface area contributed by atoms with E-state index >= 15 is 0 Å². The van der Waals surface area contributed by atoms with Gasteiger partial charge in [-0.15, -0.1) is 0 Å². The molecule has 1 atom stereocenters. The van der Waals surface area contributed by atoms with Crippen LogP contribution in [0.2, 0.25) is 0 Å². The van der Waals surface area contributed by atoms with Crippen LogP contribution in [-0.2, 0) is 4.74 Å². The molecule has 2 aromatic carbocycles. The second-order valence-electron chi connectivity index (χ2n) is 5.81. The monoisotopic (exact) mass is 383 g/mol. The SMILES string of the molecule is Brc1ccc(Nc2ccc(C3CNCCO3)cc2)c2ncccc12. The molecule has 24 heavy (non-hydrogen) atoms. The molecule has 1 aliphatic heterocycles. The summed E-state index contributed by atoms with van der Waals surface area (Å²) < 4.78 is 6.84. The average molecular weight is 384 g/mol. The van der Waals surface area contributed by atoms with Crippen molar-refractivity contribution in [3.63, 3.8) is 0 Å². The van der Waals surface area contributed by atoms with Crippen molar-refractivity contribution in [2.75, 3.05) is 25.0 Å². The Morgan fingerprint density at radius 1 is 1.12 bits per heavy atom. The molecule has 4 nitrogen and oxygen atoms in total. The van der Waals surface area contributed by atoms with E-state index in [4.69, 9.17) is 4.74 Å². The van der Waals surface area contributed by atoms with Crippen molar-refractivity contribution in [3.05, 3.63) is 64.8 Å². The van der Waals surface area contributed by atoms with E-state index < -0.39 is 0 Å². The molecule has 2 N–H and O–H groups in total. The molecule has 0 spiro atoms. The molecule has 0 radical (unpaired) electrons. The number of anilines is 2. The van der Waals surface area contributed by atoms with Crippen LogP contribution in [0.5, 0.6) is 0 Å². The van der Waals surface area contributed by atoms with Crippen LogP contribution in [0.25, 0.3) is 10.9 Å².